The first-order chi connectivity index (χ1) is 10.2. The molecule has 1 atom stereocenters. The molecule has 0 saturated carbocycles. The Labute approximate surface area is 127 Å². The Morgan fingerprint density at radius 1 is 1.48 bits per heavy atom. The summed E-state index contributed by atoms with van der Waals surface area (Å²) in [6, 6.07) is -0.102. The lowest BCUT2D eigenvalue weighted by Gasteiger charge is -2.10. The van der Waals surface area contributed by atoms with E-state index in [2.05, 4.69) is 15.3 Å². The van der Waals surface area contributed by atoms with Gasteiger partial charge in [0.05, 0.1) is 11.7 Å². The van der Waals surface area contributed by atoms with E-state index in [-0.39, 0.29) is 11.9 Å². The number of hydrogen-bond donors (Lipinski definition) is 1. The summed E-state index contributed by atoms with van der Waals surface area (Å²) < 4.78 is 5.20. The monoisotopic (exact) mass is 305 g/mol. The van der Waals surface area contributed by atoms with E-state index < -0.39 is 0 Å². The molecule has 1 N–H and O–H groups in total. The molecular formula is C15H19N3O2S. The lowest BCUT2D eigenvalue weighted by molar-refractivity contribution is 0.0933. The van der Waals surface area contributed by atoms with Crippen molar-refractivity contribution in [1.82, 2.24) is 15.3 Å². The minimum atomic E-state index is -0.193. The van der Waals surface area contributed by atoms with E-state index in [0.29, 0.717) is 17.9 Å². The lowest BCUT2D eigenvalue weighted by atomic mass is 10.0. The van der Waals surface area contributed by atoms with Crippen LogP contribution in [0.1, 0.15) is 64.6 Å². The molecule has 5 nitrogen and oxygen atoms in total. The van der Waals surface area contributed by atoms with Crippen molar-refractivity contribution in [3.05, 3.63) is 33.4 Å². The van der Waals surface area contributed by atoms with E-state index >= 15 is 0 Å². The molecule has 0 spiro atoms. The molecule has 1 aliphatic rings. The Bertz CT molecular complexity index is 624. The largest absolute Gasteiger partial charge is 0.448 e. The molecule has 1 aliphatic carbocycles. The first-order valence-corrected chi connectivity index (χ1v) is 8.22. The Morgan fingerprint density at radius 3 is 3.05 bits per heavy atom. The number of carbonyl (C=O) groups excluding carboxylic acids is 1. The number of aryl methyl sites for hydroxylation is 3. The molecule has 1 amide bonds. The topological polar surface area (TPSA) is 68.0 Å². The molecule has 2 aromatic rings. The number of thiazole rings is 1. The van der Waals surface area contributed by atoms with Crippen molar-refractivity contribution in [1.29, 1.82) is 0 Å². The molecule has 1 unspecified atom stereocenters. The van der Waals surface area contributed by atoms with Gasteiger partial charge in [-0.2, -0.15) is 0 Å². The Kier molecular flexibility index (Phi) is 4.05. The fraction of sp³-hybridized carbons (Fsp3) is 0.533. The lowest BCUT2D eigenvalue weighted by Crippen LogP contribution is -2.27. The molecule has 6 heteroatoms. The third-order valence-electron chi connectivity index (χ3n) is 3.76. The quantitative estimate of drug-likeness (QED) is 0.942. The molecule has 0 fully saturated rings. The molecular weight excluding hydrogens is 286 g/mol. The zero-order chi connectivity index (χ0) is 14.8. The number of aromatic nitrogens is 2. The summed E-state index contributed by atoms with van der Waals surface area (Å²) in [6.07, 6.45) is 6.62. The molecule has 0 saturated heterocycles. The summed E-state index contributed by atoms with van der Waals surface area (Å²) in [4.78, 5) is 22.3. The minimum Gasteiger partial charge on any atom is -0.448 e. The number of nitrogens with one attached hydrogen (secondary N) is 1. The average molecular weight is 305 g/mol. The van der Waals surface area contributed by atoms with E-state index in [4.69, 9.17) is 4.42 Å². The van der Waals surface area contributed by atoms with Gasteiger partial charge in [-0.3, -0.25) is 4.79 Å². The number of carbonyl (C=O) groups is 1. The van der Waals surface area contributed by atoms with E-state index in [0.717, 1.165) is 17.8 Å². The highest BCUT2D eigenvalue weighted by Crippen LogP contribution is 2.29. The molecule has 3 rings (SSSR count). The first-order valence-electron chi connectivity index (χ1n) is 7.40. The number of amides is 1. The summed E-state index contributed by atoms with van der Waals surface area (Å²) in [5, 5.41) is 3.95. The van der Waals surface area contributed by atoms with Crippen LogP contribution in [0.25, 0.3) is 0 Å². The highest BCUT2D eigenvalue weighted by Gasteiger charge is 2.22. The summed E-state index contributed by atoms with van der Waals surface area (Å²) >= 11 is 1.72. The van der Waals surface area contributed by atoms with E-state index in [9.17, 15) is 4.79 Å². The van der Waals surface area contributed by atoms with Crippen LogP contribution >= 0.6 is 11.3 Å². The van der Waals surface area contributed by atoms with Crippen LogP contribution in [0, 0.1) is 0 Å². The van der Waals surface area contributed by atoms with Gasteiger partial charge < -0.3 is 9.73 Å². The smallest absolute Gasteiger partial charge is 0.274 e. The van der Waals surface area contributed by atoms with E-state index in [1.165, 1.54) is 29.8 Å². The zero-order valence-electron chi connectivity index (χ0n) is 12.3. The number of oxazole rings is 1. The van der Waals surface area contributed by atoms with Crippen LogP contribution in [0.15, 0.2) is 10.8 Å². The van der Waals surface area contributed by atoms with Crippen LogP contribution in [-0.2, 0) is 19.3 Å². The van der Waals surface area contributed by atoms with E-state index in [1.807, 2.05) is 13.8 Å². The molecule has 112 valence electrons. The van der Waals surface area contributed by atoms with Crippen molar-refractivity contribution in [3.8, 4) is 0 Å². The van der Waals surface area contributed by atoms with Gasteiger partial charge in [0.2, 0.25) is 0 Å². The Hall–Kier alpha value is -1.69. The molecule has 2 heterocycles. The van der Waals surface area contributed by atoms with Gasteiger partial charge in [-0.1, -0.05) is 6.92 Å². The number of nitrogens with zero attached hydrogens (tertiary/aromatic N) is 2. The molecule has 0 bridgehead atoms. The summed E-state index contributed by atoms with van der Waals surface area (Å²) in [5.74, 6) is 0.430. The van der Waals surface area contributed by atoms with Gasteiger partial charge in [0.15, 0.2) is 12.1 Å². The molecule has 0 aliphatic heterocycles. The molecule has 2 aromatic heterocycles. The van der Waals surface area contributed by atoms with Crippen LogP contribution in [0.5, 0.6) is 0 Å². The number of hydrogen-bond acceptors (Lipinski definition) is 5. The van der Waals surface area contributed by atoms with Crippen LogP contribution < -0.4 is 5.32 Å². The maximum atomic E-state index is 12.3. The summed E-state index contributed by atoms with van der Waals surface area (Å²) in [5.41, 5.74) is 1.60. The van der Waals surface area contributed by atoms with Crippen molar-refractivity contribution in [3.63, 3.8) is 0 Å². The predicted octanol–water partition coefficient (Wildman–Crippen LogP) is 3.06. The minimum absolute atomic E-state index is 0.102. The average Bonchev–Trinajstić information content (AvgIpc) is 3.13. The van der Waals surface area contributed by atoms with Crippen LogP contribution in [0.3, 0.4) is 0 Å². The van der Waals surface area contributed by atoms with E-state index in [1.54, 1.807) is 11.3 Å². The third-order valence-corrected chi connectivity index (χ3v) is 5.10. The standard InChI is InChI=1S/C15H19N3O2S/c1-3-11-13(16-8-20-11)14(19)17-9(2)15-18-10-6-4-5-7-12(10)21-15/h8-9H,3-7H2,1-2H3,(H,17,19). The number of rotatable bonds is 4. The summed E-state index contributed by atoms with van der Waals surface area (Å²) in [7, 11) is 0. The SMILES string of the molecule is CCc1ocnc1C(=O)NC(C)c1nc2c(s1)CCCC2. The van der Waals surface area contributed by atoms with Crippen molar-refractivity contribution < 1.29 is 9.21 Å². The zero-order valence-corrected chi connectivity index (χ0v) is 13.1. The molecule has 0 radical (unpaired) electrons. The first kappa shape index (κ1) is 14.3. The number of fused-ring (bicyclic) bond motifs is 1. The van der Waals surface area contributed by atoms with Crippen LogP contribution in [0.2, 0.25) is 0 Å². The second-order valence-electron chi connectivity index (χ2n) is 5.30. The maximum Gasteiger partial charge on any atom is 0.274 e. The van der Waals surface area contributed by atoms with Gasteiger partial charge in [-0.15, -0.1) is 11.3 Å². The van der Waals surface area contributed by atoms with Crippen molar-refractivity contribution in [2.45, 2.75) is 52.0 Å². The predicted molar refractivity (Wildman–Crippen MR) is 80.5 cm³/mol. The highest BCUT2D eigenvalue weighted by molar-refractivity contribution is 7.11. The second kappa shape index (κ2) is 5.97. The van der Waals surface area contributed by atoms with Gasteiger partial charge in [-0.05, 0) is 32.6 Å². The fourth-order valence-electron chi connectivity index (χ4n) is 2.59. The van der Waals surface area contributed by atoms with Gasteiger partial charge >= 0.3 is 0 Å². The second-order valence-corrected chi connectivity index (χ2v) is 6.42. The molecule has 0 aromatic carbocycles. The van der Waals surface area contributed by atoms with Crippen molar-refractivity contribution in [2.75, 3.05) is 0 Å². The van der Waals surface area contributed by atoms with Crippen LogP contribution in [-0.4, -0.2) is 15.9 Å². The Morgan fingerprint density at radius 2 is 2.29 bits per heavy atom. The van der Waals surface area contributed by atoms with Crippen molar-refractivity contribution in [2.24, 2.45) is 0 Å². The van der Waals surface area contributed by atoms with Gasteiger partial charge in [0.1, 0.15) is 10.8 Å². The van der Waals surface area contributed by atoms with Gasteiger partial charge in [0.25, 0.3) is 5.91 Å². The summed E-state index contributed by atoms with van der Waals surface area (Å²) in [6.45, 7) is 3.91. The normalized spacial score (nSPS) is 15.5. The van der Waals surface area contributed by atoms with Gasteiger partial charge in [0, 0.05) is 11.3 Å². The highest BCUT2D eigenvalue weighted by atomic mass is 32.1. The maximum absolute atomic E-state index is 12.3. The van der Waals surface area contributed by atoms with Crippen LogP contribution in [0.4, 0.5) is 0 Å². The van der Waals surface area contributed by atoms with Gasteiger partial charge in [-0.25, -0.2) is 9.97 Å². The Balaban J connectivity index is 1.72. The van der Waals surface area contributed by atoms with Crippen molar-refractivity contribution >= 4 is 17.2 Å². The third kappa shape index (κ3) is 2.85. The molecule has 21 heavy (non-hydrogen) atoms. The fourth-order valence-corrected chi connectivity index (χ4v) is 3.75.